The summed E-state index contributed by atoms with van der Waals surface area (Å²) in [5.41, 5.74) is 5.49. The summed E-state index contributed by atoms with van der Waals surface area (Å²) in [5, 5.41) is 8.51. The van der Waals surface area contributed by atoms with Crippen LogP contribution in [0.25, 0.3) is 0 Å². The van der Waals surface area contributed by atoms with Crippen molar-refractivity contribution in [2.45, 2.75) is 32.3 Å². The Kier molecular flexibility index (Phi) is 6.07. The Labute approximate surface area is 107 Å². The molecule has 0 saturated carbocycles. The number of nitrogens with zero attached hydrogens (tertiary/aromatic N) is 1. The zero-order chi connectivity index (χ0) is 13.5. The molecule has 0 radical (unpaired) electrons. The van der Waals surface area contributed by atoms with E-state index in [2.05, 4.69) is 0 Å². The van der Waals surface area contributed by atoms with Crippen molar-refractivity contribution in [3.63, 3.8) is 0 Å². The Bertz CT molecular complexity index is 288. The first-order chi connectivity index (χ1) is 8.52. The predicted octanol–water partition coefficient (Wildman–Crippen LogP) is 0.0635. The van der Waals surface area contributed by atoms with E-state index in [-0.39, 0.29) is 24.5 Å². The minimum atomic E-state index is -0.953. The lowest BCUT2D eigenvalue weighted by Crippen LogP contribution is -2.42. The lowest BCUT2D eigenvalue weighted by molar-refractivity contribution is -0.147. The molecule has 1 heterocycles. The highest BCUT2D eigenvalue weighted by molar-refractivity contribution is 5.76. The third-order valence-corrected chi connectivity index (χ3v) is 3.16. The second kappa shape index (κ2) is 7.33. The number of ether oxygens (including phenoxy) is 1. The maximum absolute atomic E-state index is 11.9. The molecule has 1 unspecified atom stereocenters. The summed E-state index contributed by atoms with van der Waals surface area (Å²) in [6.45, 7) is 3.49. The highest BCUT2D eigenvalue weighted by atomic mass is 16.5. The van der Waals surface area contributed by atoms with Crippen LogP contribution in [-0.2, 0) is 14.3 Å². The molecule has 0 aromatic rings. The highest BCUT2D eigenvalue weighted by Gasteiger charge is 2.24. The van der Waals surface area contributed by atoms with Crippen LogP contribution in [0.4, 0.5) is 0 Å². The molecule has 1 aliphatic rings. The van der Waals surface area contributed by atoms with E-state index in [0.717, 1.165) is 0 Å². The molecule has 18 heavy (non-hydrogen) atoms. The van der Waals surface area contributed by atoms with Gasteiger partial charge in [0.05, 0.1) is 6.10 Å². The Morgan fingerprint density at radius 1 is 1.44 bits per heavy atom. The number of carboxylic acids is 1. The average Bonchev–Trinajstić information content (AvgIpc) is 2.36. The van der Waals surface area contributed by atoms with Gasteiger partial charge in [0.2, 0.25) is 5.91 Å². The third-order valence-electron chi connectivity index (χ3n) is 3.16. The number of aliphatic carboxylic acids is 1. The van der Waals surface area contributed by atoms with Gasteiger partial charge < -0.3 is 20.5 Å². The topological polar surface area (TPSA) is 92.9 Å². The fourth-order valence-corrected chi connectivity index (χ4v) is 1.97. The lowest BCUT2D eigenvalue weighted by atomic mass is 10.0. The molecule has 104 valence electrons. The van der Waals surface area contributed by atoms with Crippen LogP contribution in [0.1, 0.15) is 26.2 Å². The molecule has 1 rings (SSSR count). The minimum absolute atomic E-state index is 0.0444. The zero-order valence-corrected chi connectivity index (χ0v) is 10.8. The van der Waals surface area contributed by atoms with Crippen molar-refractivity contribution in [3.8, 4) is 0 Å². The minimum Gasteiger partial charge on any atom is -0.480 e. The van der Waals surface area contributed by atoms with Crippen molar-refractivity contribution in [1.29, 1.82) is 0 Å². The van der Waals surface area contributed by atoms with E-state index in [1.165, 1.54) is 0 Å². The SMILES string of the molecule is CC(CN)CC(=O)N1CCC(OCC(=O)O)CC1. The number of nitrogens with two attached hydrogens (primary N) is 1. The van der Waals surface area contributed by atoms with Gasteiger partial charge in [-0.15, -0.1) is 0 Å². The molecular formula is C12H22N2O4. The smallest absolute Gasteiger partial charge is 0.329 e. The predicted molar refractivity (Wildman–Crippen MR) is 66.0 cm³/mol. The molecule has 1 aliphatic heterocycles. The van der Waals surface area contributed by atoms with E-state index in [0.29, 0.717) is 38.9 Å². The second-order valence-corrected chi connectivity index (χ2v) is 4.83. The van der Waals surface area contributed by atoms with E-state index in [1.54, 1.807) is 0 Å². The summed E-state index contributed by atoms with van der Waals surface area (Å²) in [6, 6.07) is 0. The third kappa shape index (κ3) is 5.01. The highest BCUT2D eigenvalue weighted by Crippen LogP contribution is 2.15. The number of carbonyl (C=O) groups is 2. The summed E-state index contributed by atoms with van der Waals surface area (Å²) < 4.78 is 5.22. The zero-order valence-electron chi connectivity index (χ0n) is 10.8. The van der Waals surface area contributed by atoms with Gasteiger partial charge in [-0.2, -0.15) is 0 Å². The molecule has 1 atom stereocenters. The first-order valence-electron chi connectivity index (χ1n) is 6.34. The van der Waals surface area contributed by atoms with Gasteiger partial charge in [0.25, 0.3) is 0 Å². The van der Waals surface area contributed by atoms with Crippen LogP contribution >= 0.6 is 0 Å². The molecular weight excluding hydrogens is 236 g/mol. The average molecular weight is 258 g/mol. The van der Waals surface area contributed by atoms with Gasteiger partial charge in [0, 0.05) is 19.5 Å². The van der Waals surface area contributed by atoms with Crippen LogP contribution in [0.3, 0.4) is 0 Å². The Hall–Kier alpha value is -1.14. The number of piperidine rings is 1. The molecule has 0 aromatic carbocycles. The molecule has 0 aromatic heterocycles. The number of carbonyl (C=O) groups excluding carboxylic acids is 1. The second-order valence-electron chi connectivity index (χ2n) is 4.83. The van der Waals surface area contributed by atoms with Crippen molar-refractivity contribution in [3.05, 3.63) is 0 Å². The van der Waals surface area contributed by atoms with Crippen molar-refractivity contribution in [2.24, 2.45) is 11.7 Å². The lowest BCUT2D eigenvalue weighted by Gasteiger charge is -2.32. The monoisotopic (exact) mass is 258 g/mol. The Balaban J connectivity index is 2.26. The molecule has 3 N–H and O–H groups in total. The van der Waals surface area contributed by atoms with Crippen LogP contribution in [0.15, 0.2) is 0 Å². The first-order valence-corrected chi connectivity index (χ1v) is 6.34. The molecule has 0 bridgehead atoms. The number of hydrogen-bond acceptors (Lipinski definition) is 4. The maximum Gasteiger partial charge on any atom is 0.329 e. The van der Waals surface area contributed by atoms with Gasteiger partial charge >= 0.3 is 5.97 Å². The van der Waals surface area contributed by atoms with Crippen molar-refractivity contribution < 1.29 is 19.4 Å². The van der Waals surface area contributed by atoms with Gasteiger partial charge in [0.15, 0.2) is 0 Å². The molecule has 6 heteroatoms. The summed E-state index contributed by atoms with van der Waals surface area (Å²) in [5.74, 6) is -0.617. The van der Waals surface area contributed by atoms with E-state index in [1.807, 2.05) is 11.8 Å². The molecule has 0 spiro atoms. The fourth-order valence-electron chi connectivity index (χ4n) is 1.97. The van der Waals surface area contributed by atoms with Gasteiger partial charge in [-0.05, 0) is 25.3 Å². The summed E-state index contributed by atoms with van der Waals surface area (Å²) in [6.07, 6.45) is 1.85. The molecule has 6 nitrogen and oxygen atoms in total. The maximum atomic E-state index is 11.9. The summed E-state index contributed by atoms with van der Waals surface area (Å²) >= 11 is 0. The quantitative estimate of drug-likeness (QED) is 0.703. The van der Waals surface area contributed by atoms with Crippen LogP contribution in [0.2, 0.25) is 0 Å². The van der Waals surface area contributed by atoms with Gasteiger partial charge in [-0.25, -0.2) is 4.79 Å². The van der Waals surface area contributed by atoms with E-state index in [4.69, 9.17) is 15.6 Å². The number of rotatable bonds is 6. The summed E-state index contributed by atoms with van der Waals surface area (Å²) in [7, 11) is 0. The molecule has 1 fully saturated rings. The largest absolute Gasteiger partial charge is 0.480 e. The Morgan fingerprint density at radius 3 is 2.56 bits per heavy atom. The first kappa shape index (κ1) is 14.9. The van der Waals surface area contributed by atoms with Crippen LogP contribution in [-0.4, -0.2) is 54.2 Å². The Morgan fingerprint density at radius 2 is 2.06 bits per heavy atom. The van der Waals surface area contributed by atoms with Gasteiger partial charge in [-0.1, -0.05) is 6.92 Å². The van der Waals surface area contributed by atoms with Crippen molar-refractivity contribution in [1.82, 2.24) is 4.90 Å². The van der Waals surface area contributed by atoms with Crippen LogP contribution < -0.4 is 5.73 Å². The van der Waals surface area contributed by atoms with Crippen molar-refractivity contribution >= 4 is 11.9 Å². The van der Waals surface area contributed by atoms with E-state index < -0.39 is 5.97 Å². The fraction of sp³-hybridized carbons (Fsp3) is 0.833. The number of hydrogen-bond donors (Lipinski definition) is 2. The standard InChI is InChI=1S/C12H22N2O4/c1-9(7-13)6-11(15)14-4-2-10(3-5-14)18-8-12(16)17/h9-10H,2-8,13H2,1H3,(H,16,17). The molecule has 1 amide bonds. The molecule has 0 aliphatic carbocycles. The van der Waals surface area contributed by atoms with E-state index in [9.17, 15) is 9.59 Å². The van der Waals surface area contributed by atoms with Gasteiger partial charge in [-0.3, -0.25) is 4.79 Å². The number of likely N-dealkylation sites (tertiary alicyclic amines) is 1. The normalized spacial score (nSPS) is 18.7. The van der Waals surface area contributed by atoms with Crippen molar-refractivity contribution in [2.75, 3.05) is 26.2 Å². The number of amides is 1. The van der Waals surface area contributed by atoms with Gasteiger partial charge in [0.1, 0.15) is 6.61 Å². The van der Waals surface area contributed by atoms with E-state index >= 15 is 0 Å². The van der Waals surface area contributed by atoms with Crippen LogP contribution in [0.5, 0.6) is 0 Å². The summed E-state index contributed by atoms with van der Waals surface area (Å²) in [4.78, 5) is 24.1. The molecule has 1 saturated heterocycles. The number of carboxylic acid groups (broad SMARTS) is 1. The van der Waals surface area contributed by atoms with Crippen LogP contribution in [0, 0.1) is 5.92 Å².